The first-order valence-corrected chi connectivity index (χ1v) is 12.6. The first-order chi connectivity index (χ1) is 12.4. The van der Waals surface area contributed by atoms with Crippen molar-refractivity contribution in [2.24, 2.45) is 0 Å². The van der Waals surface area contributed by atoms with Crippen molar-refractivity contribution < 1.29 is 19.0 Å². The van der Waals surface area contributed by atoms with Crippen LogP contribution in [-0.4, -0.2) is 23.4 Å². The lowest BCUT2D eigenvalue weighted by atomic mass is 10.0. The largest absolute Gasteiger partial charge is 0.452 e. The summed E-state index contributed by atoms with van der Waals surface area (Å²) >= 11 is 0. The van der Waals surface area contributed by atoms with E-state index in [-0.39, 0.29) is 11.7 Å². The van der Waals surface area contributed by atoms with Crippen molar-refractivity contribution in [3.63, 3.8) is 0 Å². The minimum Gasteiger partial charge on any atom is -0.452 e. The number of hydrogen-bond donors (Lipinski definition) is 1. The molecule has 0 aromatic carbocycles. The Morgan fingerprint density at radius 1 is 0.846 bits per heavy atom. The van der Waals surface area contributed by atoms with Crippen molar-refractivity contribution in [3.05, 3.63) is 12.2 Å². The molecule has 0 aliphatic heterocycles. The molecule has 0 amide bonds. The molecule has 1 atom stereocenters. The molecule has 26 heavy (non-hydrogen) atoms. The molecule has 0 aliphatic rings. The first-order valence-electron chi connectivity index (χ1n) is 10.5. The maximum absolute atomic E-state index is 11.9. The van der Waals surface area contributed by atoms with Crippen LogP contribution in [0.1, 0.15) is 104 Å². The van der Waals surface area contributed by atoms with Crippen molar-refractivity contribution in [1.82, 2.24) is 0 Å². The second kappa shape index (κ2) is 16.6. The van der Waals surface area contributed by atoms with Crippen LogP contribution in [0, 0.1) is 0 Å². The van der Waals surface area contributed by atoms with E-state index < -0.39 is 19.7 Å². The fourth-order valence-electron chi connectivity index (χ4n) is 2.90. The lowest BCUT2D eigenvalue weighted by molar-refractivity contribution is -0.137. The lowest BCUT2D eigenvalue weighted by Crippen LogP contribution is -2.08. The molecular weight excluding hydrogens is 347 g/mol. The Morgan fingerprint density at radius 2 is 1.23 bits per heavy atom. The molecule has 0 radical (unpaired) electrons. The molecule has 5 heteroatoms. The van der Waals surface area contributed by atoms with Gasteiger partial charge < -0.3 is 9.63 Å². The lowest BCUT2D eigenvalue weighted by Gasteiger charge is -2.12. The third kappa shape index (κ3) is 16.8. The van der Waals surface area contributed by atoms with Gasteiger partial charge in [0, 0.05) is 11.7 Å². The Balaban J connectivity index is 3.38. The van der Waals surface area contributed by atoms with Crippen molar-refractivity contribution in [2.75, 3.05) is 12.5 Å². The number of rotatable bonds is 18. The van der Waals surface area contributed by atoms with E-state index in [1.54, 1.807) is 0 Å². The summed E-state index contributed by atoms with van der Waals surface area (Å²) in [4.78, 5) is 21.0. The summed E-state index contributed by atoms with van der Waals surface area (Å²) in [5, 5.41) is 0. The van der Waals surface area contributed by atoms with Crippen LogP contribution in [0.5, 0.6) is 0 Å². The molecule has 1 N–H and O–H groups in total. The molecule has 0 heterocycles. The molecule has 0 bridgehead atoms. The summed E-state index contributed by atoms with van der Waals surface area (Å²) in [7, 11) is -3.35. The SMILES string of the molecule is C=C(C)C(=O)OCP(=O)(O)CCCCCCCCCCCCCCCC. The van der Waals surface area contributed by atoms with Gasteiger partial charge >= 0.3 is 5.97 Å². The highest BCUT2D eigenvalue weighted by atomic mass is 31.2. The van der Waals surface area contributed by atoms with Crippen LogP contribution in [0.4, 0.5) is 0 Å². The van der Waals surface area contributed by atoms with E-state index in [1.165, 1.54) is 77.6 Å². The minimum atomic E-state index is -3.35. The number of unbranched alkanes of at least 4 members (excludes halogenated alkanes) is 13. The number of carbonyl (C=O) groups excluding carboxylic acids is 1. The van der Waals surface area contributed by atoms with E-state index in [4.69, 9.17) is 4.74 Å². The van der Waals surface area contributed by atoms with Crippen LogP contribution in [0.25, 0.3) is 0 Å². The summed E-state index contributed by atoms with van der Waals surface area (Å²) in [5.74, 6) is -0.597. The fourth-order valence-corrected chi connectivity index (χ4v) is 4.07. The van der Waals surface area contributed by atoms with Crippen molar-refractivity contribution >= 4 is 13.3 Å². The van der Waals surface area contributed by atoms with E-state index in [9.17, 15) is 14.3 Å². The molecule has 0 saturated carbocycles. The Bertz CT molecular complexity index is 420. The van der Waals surface area contributed by atoms with Gasteiger partial charge in [0.2, 0.25) is 7.37 Å². The highest BCUT2D eigenvalue weighted by Crippen LogP contribution is 2.41. The molecule has 154 valence electrons. The molecular formula is C21H41O4P. The Hall–Kier alpha value is -0.600. The molecule has 0 fully saturated rings. The second-order valence-electron chi connectivity index (χ2n) is 7.51. The van der Waals surface area contributed by atoms with E-state index in [0.717, 1.165) is 19.3 Å². The zero-order valence-corrected chi connectivity index (χ0v) is 18.0. The van der Waals surface area contributed by atoms with Gasteiger partial charge in [0.15, 0.2) is 6.35 Å². The smallest absolute Gasteiger partial charge is 0.333 e. The topological polar surface area (TPSA) is 63.6 Å². The molecule has 1 unspecified atom stereocenters. The van der Waals surface area contributed by atoms with Crippen LogP contribution >= 0.6 is 7.37 Å². The maximum atomic E-state index is 11.9. The van der Waals surface area contributed by atoms with Crippen LogP contribution in [0.15, 0.2) is 12.2 Å². The van der Waals surface area contributed by atoms with E-state index in [0.29, 0.717) is 0 Å². The normalized spacial score (nSPS) is 13.3. The molecule has 0 aromatic heterocycles. The molecule has 0 spiro atoms. The molecule has 4 nitrogen and oxygen atoms in total. The van der Waals surface area contributed by atoms with E-state index >= 15 is 0 Å². The average Bonchev–Trinajstić information content (AvgIpc) is 2.60. The van der Waals surface area contributed by atoms with Crippen LogP contribution in [0.2, 0.25) is 0 Å². The Kier molecular flexibility index (Phi) is 16.2. The standard InChI is InChI=1S/C21H41O4P/c1-4-5-6-7-8-9-10-11-12-13-14-15-16-17-18-26(23,24)19-25-21(22)20(2)3/h2,4-19H2,1,3H3,(H,23,24). The van der Waals surface area contributed by atoms with Gasteiger partial charge in [0.1, 0.15) is 0 Å². The van der Waals surface area contributed by atoms with Gasteiger partial charge in [-0.2, -0.15) is 0 Å². The van der Waals surface area contributed by atoms with Crippen molar-refractivity contribution in [1.29, 1.82) is 0 Å². The Labute approximate surface area is 161 Å². The zero-order valence-electron chi connectivity index (χ0n) is 17.1. The Morgan fingerprint density at radius 3 is 1.62 bits per heavy atom. The van der Waals surface area contributed by atoms with Gasteiger partial charge in [-0.25, -0.2) is 4.79 Å². The van der Waals surface area contributed by atoms with Gasteiger partial charge in [-0.1, -0.05) is 97.0 Å². The average molecular weight is 389 g/mol. The first kappa shape index (κ1) is 25.4. The van der Waals surface area contributed by atoms with Crippen LogP contribution < -0.4 is 0 Å². The second-order valence-corrected chi connectivity index (χ2v) is 9.91. The molecule has 0 aromatic rings. The van der Waals surface area contributed by atoms with Gasteiger partial charge in [0.25, 0.3) is 0 Å². The predicted octanol–water partition coefficient (Wildman–Crippen LogP) is 6.81. The third-order valence-corrected chi connectivity index (χ3v) is 6.15. The van der Waals surface area contributed by atoms with Gasteiger partial charge in [-0.15, -0.1) is 0 Å². The maximum Gasteiger partial charge on any atom is 0.333 e. The monoisotopic (exact) mass is 388 g/mol. The molecule has 0 rings (SSSR count). The van der Waals surface area contributed by atoms with E-state index in [2.05, 4.69) is 13.5 Å². The minimum absolute atomic E-state index is 0.231. The third-order valence-electron chi connectivity index (χ3n) is 4.61. The van der Waals surface area contributed by atoms with Crippen molar-refractivity contribution in [3.8, 4) is 0 Å². The molecule has 0 aliphatic carbocycles. The van der Waals surface area contributed by atoms with Gasteiger partial charge in [-0.05, 0) is 13.3 Å². The highest BCUT2D eigenvalue weighted by Gasteiger charge is 2.20. The summed E-state index contributed by atoms with van der Waals surface area (Å²) < 4.78 is 16.7. The summed E-state index contributed by atoms with van der Waals surface area (Å²) in [6.45, 7) is 7.23. The number of ether oxygens (including phenoxy) is 1. The summed E-state index contributed by atoms with van der Waals surface area (Å²) in [6.07, 6.45) is 17.4. The molecule has 0 saturated heterocycles. The number of carbonyl (C=O) groups is 1. The summed E-state index contributed by atoms with van der Waals surface area (Å²) in [5.41, 5.74) is 0.251. The zero-order chi connectivity index (χ0) is 19.7. The quantitative estimate of drug-likeness (QED) is 0.121. The number of hydrogen-bond acceptors (Lipinski definition) is 3. The van der Waals surface area contributed by atoms with Gasteiger partial charge in [0.05, 0.1) is 0 Å². The van der Waals surface area contributed by atoms with Crippen LogP contribution in [0.3, 0.4) is 0 Å². The van der Waals surface area contributed by atoms with Crippen LogP contribution in [-0.2, 0) is 14.1 Å². The highest BCUT2D eigenvalue weighted by molar-refractivity contribution is 7.57. The summed E-state index contributed by atoms with van der Waals surface area (Å²) in [6, 6.07) is 0. The predicted molar refractivity (Wildman–Crippen MR) is 111 cm³/mol. The van der Waals surface area contributed by atoms with E-state index in [1.807, 2.05) is 0 Å². The van der Waals surface area contributed by atoms with Gasteiger partial charge in [-0.3, -0.25) is 4.57 Å². The number of esters is 1. The fraction of sp³-hybridized carbons (Fsp3) is 0.857. The van der Waals surface area contributed by atoms with Crippen molar-refractivity contribution in [2.45, 2.75) is 104 Å².